The lowest BCUT2D eigenvalue weighted by atomic mass is 10.0. The fraction of sp³-hybridized carbons (Fsp3) is 0.562. The molecule has 1 heterocycles. The third kappa shape index (κ3) is 4.32. The van der Waals surface area contributed by atoms with Crippen molar-refractivity contribution in [2.24, 2.45) is 0 Å². The van der Waals surface area contributed by atoms with E-state index in [9.17, 15) is 4.79 Å². The summed E-state index contributed by atoms with van der Waals surface area (Å²) in [6.07, 6.45) is 0. The van der Waals surface area contributed by atoms with Crippen molar-refractivity contribution in [2.45, 2.75) is 25.8 Å². The number of piperazine rings is 1. The zero-order valence-corrected chi connectivity index (χ0v) is 12.4. The Morgan fingerprint density at radius 1 is 1.45 bits per heavy atom. The first kappa shape index (κ1) is 15.0. The van der Waals surface area contributed by atoms with E-state index in [-0.39, 0.29) is 5.91 Å². The van der Waals surface area contributed by atoms with E-state index in [1.807, 2.05) is 18.2 Å². The molecule has 1 aromatic rings. The molecule has 0 saturated carbocycles. The van der Waals surface area contributed by atoms with Crippen molar-refractivity contribution < 1.29 is 4.79 Å². The fourth-order valence-electron chi connectivity index (χ4n) is 2.52. The highest BCUT2D eigenvalue weighted by Crippen LogP contribution is 2.13. The van der Waals surface area contributed by atoms with Gasteiger partial charge in [0.15, 0.2) is 0 Å². The molecule has 0 spiro atoms. The molecule has 0 aliphatic carbocycles. The summed E-state index contributed by atoms with van der Waals surface area (Å²) in [7, 11) is 0. The summed E-state index contributed by atoms with van der Waals surface area (Å²) in [5, 5.41) is 6.38. The first-order chi connectivity index (χ1) is 9.66. The number of hydrogen-bond acceptors (Lipinski definition) is 3. The minimum atomic E-state index is 0.126. The van der Waals surface area contributed by atoms with Crippen molar-refractivity contribution in [1.82, 2.24) is 15.5 Å². The third-order valence-corrected chi connectivity index (χ3v) is 3.96. The minimum absolute atomic E-state index is 0.126. The molecule has 1 unspecified atom stereocenters. The summed E-state index contributed by atoms with van der Waals surface area (Å²) < 4.78 is 0. The summed E-state index contributed by atoms with van der Waals surface area (Å²) in [6, 6.07) is 10.7. The van der Waals surface area contributed by atoms with E-state index in [1.54, 1.807) is 0 Å². The quantitative estimate of drug-likeness (QED) is 0.849. The Balaban J connectivity index is 1.74. The lowest BCUT2D eigenvalue weighted by Crippen LogP contribution is -2.52. The molecule has 1 aromatic carbocycles. The van der Waals surface area contributed by atoms with Crippen molar-refractivity contribution in [3.05, 3.63) is 35.9 Å². The second-order valence-electron chi connectivity index (χ2n) is 5.64. The van der Waals surface area contributed by atoms with E-state index in [2.05, 4.69) is 41.5 Å². The van der Waals surface area contributed by atoms with E-state index in [0.29, 0.717) is 25.0 Å². The van der Waals surface area contributed by atoms with Crippen LogP contribution in [0.4, 0.5) is 0 Å². The fourth-order valence-corrected chi connectivity index (χ4v) is 2.52. The van der Waals surface area contributed by atoms with Gasteiger partial charge in [0.25, 0.3) is 0 Å². The topological polar surface area (TPSA) is 44.4 Å². The zero-order chi connectivity index (χ0) is 14.4. The zero-order valence-electron chi connectivity index (χ0n) is 12.4. The van der Waals surface area contributed by atoms with Gasteiger partial charge in [0.2, 0.25) is 5.91 Å². The van der Waals surface area contributed by atoms with Gasteiger partial charge in [-0.2, -0.15) is 0 Å². The van der Waals surface area contributed by atoms with Gasteiger partial charge in [-0.15, -0.1) is 0 Å². The van der Waals surface area contributed by atoms with Crippen LogP contribution in [0.5, 0.6) is 0 Å². The Kier molecular flexibility index (Phi) is 5.56. The standard InChI is InChI=1S/C16H25N3O/c1-13(15-6-4-3-5-7-15)10-18-16(20)12-19-9-8-17-11-14(19)2/h3-7,13-14,17H,8-12H2,1-2H3,(H,18,20)/t13?,14-/m1/s1. The Morgan fingerprint density at radius 2 is 2.20 bits per heavy atom. The van der Waals surface area contributed by atoms with Crippen molar-refractivity contribution in [2.75, 3.05) is 32.7 Å². The van der Waals surface area contributed by atoms with Gasteiger partial charge in [-0.3, -0.25) is 9.69 Å². The summed E-state index contributed by atoms with van der Waals surface area (Å²) in [6.45, 7) is 8.39. The van der Waals surface area contributed by atoms with Crippen molar-refractivity contribution in [3.63, 3.8) is 0 Å². The Labute approximate surface area is 121 Å². The molecule has 4 heteroatoms. The average Bonchev–Trinajstić information content (AvgIpc) is 2.48. The van der Waals surface area contributed by atoms with Crippen LogP contribution < -0.4 is 10.6 Å². The van der Waals surface area contributed by atoms with Gasteiger partial charge in [0.1, 0.15) is 0 Å². The lowest BCUT2D eigenvalue weighted by Gasteiger charge is -2.33. The number of nitrogens with zero attached hydrogens (tertiary/aromatic N) is 1. The van der Waals surface area contributed by atoms with E-state index >= 15 is 0 Å². The number of hydrogen-bond donors (Lipinski definition) is 2. The van der Waals surface area contributed by atoms with Crippen LogP contribution in [0.2, 0.25) is 0 Å². The first-order valence-electron chi connectivity index (χ1n) is 7.43. The molecule has 1 fully saturated rings. The second kappa shape index (κ2) is 7.41. The highest BCUT2D eigenvalue weighted by molar-refractivity contribution is 5.78. The third-order valence-electron chi connectivity index (χ3n) is 3.96. The van der Waals surface area contributed by atoms with Gasteiger partial charge >= 0.3 is 0 Å². The van der Waals surface area contributed by atoms with E-state index in [0.717, 1.165) is 19.6 Å². The molecule has 0 radical (unpaired) electrons. The van der Waals surface area contributed by atoms with Crippen LogP contribution >= 0.6 is 0 Å². The number of amides is 1. The highest BCUT2D eigenvalue weighted by atomic mass is 16.2. The number of carbonyl (C=O) groups excluding carboxylic acids is 1. The molecule has 0 bridgehead atoms. The monoisotopic (exact) mass is 275 g/mol. The summed E-state index contributed by atoms with van der Waals surface area (Å²) in [5.41, 5.74) is 1.27. The SMILES string of the molecule is CC(CNC(=O)CN1CCNC[C@H]1C)c1ccccc1. The normalized spacial score (nSPS) is 21.4. The molecule has 1 aliphatic rings. The molecule has 20 heavy (non-hydrogen) atoms. The number of benzene rings is 1. The number of nitrogens with one attached hydrogen (secondary N) is 2. The van der Waals surface area contributed by atoms with Crippen molar-refractivity contribution in [3.8, 4) is 0 Å². The maximum absolute atomic E-state index is 12.0. The first-order valence-corrected chi connectivity index (χ1v) is 7.43. The van der Waals surface area contributed by atoms with Crippen LogP contribution in [0.1, 0.15) is 25.3 Å². The maximum Gasteiger partial charge on any atom is 0.234 e. The van der Waals surface area contributed by atoms with Crippen LogP contribution in [0.15, 0.2) is 30.3 Å². The summed E-state index contributed by atoms with van der Waals surface area (Å²) >= 11 is 0. The van der Waals surface area contributed by atoms with Crippen LogP contribution in [-0.2, 0) is 4.79 Å². The number of rotatable bonds is 5. The van der Waals surface area contributed by atoms with Crippen LogP contribution in [0.3, 0.4) is 0 Å². The molecule has 1 saturated heterocycles. The van der Waals surface area contributed by atoms with Crippen LogP contribution in [-0.4, -0.2) is 49.6 Å². The maximum atomic E-state index is 12.0. The Morgan fingerprint density at radius 3 is 2.90 bits per heavy atom. The molecular weight excluding hydrogens is 250 g/mol. The number of carbonyl (C=O) groups is 1. The molecule has 0 aromatic heterocycles. The van der Waals surface area contributed by atoms with Gasteiger partial charge in [-0.25, -0.2) is 0 Å². The molecule has 2 atom stereocenters. The Bertz CT molecular complexity index is 421. The predicted octanol–water partition coefficient (Wildman–Crippen LogP) is 1.20. The van der Waals surface area contributed by atoms with E-state index in [4.69, 9.17) is 0 Å². The average molecular weight is 275 g/mol. The van der Waals surface area contributed by atoms with Crippen molar-refractivity contribution in [1.29, 1.82) is 0 Å². The molecule has 2 N–H and O–H groups in total. The van der Waals surface area contributed by atoms with E-state index in [1.165, 1.54) is 5.56 Å². The molecule has 4 nitrogen and oxygen atoms in total. The van der Waals surface area contributed by atoms with Crippen molar-refractivity contribution >= 4 is 5.91 Å². The highest BCUT2D eigenvalue weighted by Gasteiger charge is 2.20. The van der Waals surface area contributed by atoms with E-state index < -0.39 is 0 Å². The molecule has 1 amide bonds. The molecule has 2 rings (SSSR count). The van der Waals surface area contributed by atoms with Crippen LogP contribution in [0.25, 0.3) is 0 Å². The molecule has 110 valence electrons. The molecular formula is C16H25N3O. The van der Waals surface area contributed by atoms with Gasteiger partial charge < -0.3 is 10.6 Å². The predicted molar refractivity (Wildman–Crippen MR) is 81.8 cm³/mol. The molecule has 1 aliphatic heterocycles. The smallest absolute Gasteiger partial charge is 0.234 e. The van der Waals surface area contributed by atoms with Crippen LogP contribution in [0, 0.1) is 0 Å². The lowest BCUT2D eigenvalue weighted by molar-refractivity contribution is -0.123. The van der Waals surface area contributed by atoms with Gasteiger partial charge in [-0.1, -0.05) is 37.3 Å². The van der Waals surface area contributed by atoms with Gasteiger partial charge in [-0.05, 0) is 18.4 Å². The largest absolute Gasteiger partial charge is 0.354 e. The van der Waals surface area contributed by atoms with Gasteiger partial charge in [0.05, 0.1) is 6.54 Å². The van der Waals surface area contributed by atoms with Gasteiger partial charge in [0, 0.05) is 32.2 Å². The minimum Gasteiger partial charge on any atom is -0.354 e. The second-order valence-corrected chi connectivity index (χ2v) is 5.64. The Hall–Kier alpha value is -1.39. The summed E-state index contributed by atoms with van der Waals surface area (Å²) in [4.78, 5) is 14.3. The summed E-state index contributed by atoms with van der Waals surface area (Å²) in [5.74, 6) is 0.474.